The second kappa shape index (κ2) is 52.2. The molecule has 1 unspecified atom stereocenters. The smallest absolute Gasteiger partial charge is 0.306 e. The van der Waals surface area contributed by atoms with E-state index in [4.69, 9.17) is 14.2 Å². The van der Waals surface area contributed by atoms with Gasteiger partial charge >= 0.3 is 17.9 Å². The van der Waals surface area contributed by atoms with Crippen molar-refractivity contribution in [3.05, 3.63) is 134 Å². The molecule has 0 aliphatic rings. The highest BCUT2D eigenvalue weighted by molar-refractivity contribution is 5.71. The van der Waals surface area contributed by atoms with Crippen LogP contribution in [-0.4, -0.2) is 37.2 Å². The molecule has 0 aromatic carbocycles. The Morgan fingerprint density at radius 1 is 0.338 bits per heavy atom. The Kier molecular flexibility index (Phi) is 48.6. The van der Waals surface area contributed by atoms with Crippen LogP contribution in [0.25, 0.3) is 0 Å². The van der Waals surface area contributed by atoms with Crippen molar-refractivity contribution in [2.75, 3.05) is 13.2 Å². The van der Waals surface area contributed by atoms with Crippen LogP contribution in [0, 0.1) is 0 Å². The van der Waals surface area contributed by atoms with Gasteiger partial charge in [0.25, 0.3) is 0 Å². The zero-order chi connectivity index (χ0) is 47.2. The van der Waals surface area contributed by atoms with Gasteiger partial charge in [-0.3, -0.25) is 14.4 Å². The zero-order valence-electron chi connectivity index (χ0n) is 41.4. The number of allylic oxidation sites excluding steroid dienone is 22. The predicted molar refractivity (Wildman–Crippen MR) is 279 cm³/mol. The number of hydrogen-bond acceptors (Lipinski definition) is 6. The number of esters is 3. The maximum absolute atomic E-state index is 12.8. The van der Waals surface area contributed by atoms with Crippen LogP contribution in [0.3, 0.4) is 0 Å². The van der Waals surface area contributed by atoms with Crippen LogP contribution in [0.1, 0.15) is 201 Å². The Balaban J connectivity index is 4.54. The van der Waals surface area contributed by atoms with E-state index in [1.54, 1.807) is 0 Å². The summed E-state index contributed by atoms with van der Waals surface area (Å²) in [6, 6.07) is 0. The molecular weight excluding hydrogens is 805 g/mol. The van der Waals surface area contributed by atoms with Gasteiger partial charge in [-0.05, 0) is 89.9 Å². The van der Waals surface area contributed by atoms with Crippen LogP contribution in [0.4, 0.5) is 0 Å². The molecule has 1 atom stereocenters. The van der Waals surface area contributed by atoms with Crippen LogP contribution in [0.5, 0.6) is 0 Å². The van der Waals surface area contributed by atoms with E-state index in [0.29, 0.717) is 12.8 Å². The van der Waals surface area contributed by atoms with E-state index >= 15 is 0 Å². The molecule has 0 saturated carbocycles. The van der Waals surface area contributed by atoms with Crippen molar-refractivity contribution in [2.24, 2.45) is 0 Å². The summed E-state index contributed by atoms with van der Waals surface area (Å²) in [6.07, 6.45) is 72.9. The second-order valence-corrected chi connectivity index (χ2v) is 16.5. The van der Waals surface area contributed by atoms with E-state index in [9.17, 15) is 14.4 Å². The second-order valence-electron chi connectivity index (χ2n) is 16.5. The van der Waals surface area contributed by atoms with Crippen LogP contribution >= 0.6 is 0 Å². The minimum atomic E-state index is -0.824. The van der Waals surface area contributed by atoms with Gasteiger partial charge in [0.05, 0.1) is 0 Å². The Morgan fingerprint density at radius 2 is 0.708 bits per heavy atom. The summed E-state index contributed by atoms with van der Waals surface area (Å²) in [5.74, 6) is -1.03. The molecule has 0 amide bonds. The third kappa shape index (κ3) is 50.4. The van der Waals surface area contributed by atoms with Crippen LogP contribution in [-0.2, 0) is 28.6 Å². The molecular formula is C59H92O6. The van der Waals surface area contributed by atoms with Crippen molar-refractivity contribution >= 4 is 17.9 Å². The Labute approximate surface area is 398 Å². The van der Waals surface area contributed by atoms with Gasteiger partial charge in [0.15, 0.2) is 6.10 Å². The lowest BCUT2D eigenvalue weighted by Crippen LogP contribution is -2.30. The third-order valence-corrected chi connectivity index (χ3v) is 10.3. The van der Waals surface area contributed by atoms with E-state index in [0.717, 1.165) is 116 Å². The lowest BCUT2D eigenvalue weighted by atomic mass is 10.1. The van der Waals surface area contributed by atoms with Crippen molar-refractivity contribution in [3.63, 3.8) is 0 Å². The highest BCUT2D eigenvalue weighted by atomic mass is 16.6. The average molecular weight is 897 g/mol. The maximum atomic E-state index is 12.8. The van der Waals surface area contributed by atoms with Crippen molar-refractivity contribution in [2.45, 2.75) is 207 Å². The molecule has 65 heavy (non-hydrogen) atoms. The van der Waals surface area contributed by atoms with E-state index in [-0.39, 0.29) is 44.0 Å². The van der Waals surface area contributed by atoms with Crippen LogP contribution in [0.2, 0.25) is 0 Å². The lowest BCUT2D eigenvalue weighted by molar-refractivity contribution is -0.167. The highest BCUT2D eigenvalue weighted by Gasteiger charge is 2.19. The zero-order valence-corrected chi connectivity index (χ0v) is 41.4. The average Bonchev–Trinajstić information content (AvgIpc) is 3.30. The number of carbonyl (C=O) groups excluding carboxylic acids is 3. The summed E-state index contributed by atoms with van der Waals surface area (Å²) in [4.78, 5) is 37.9. The first kappa shape index (κ1) is 60.5. The molecule has 0 fully saturated rings. The molecule has 0 saturated heterocycles. The number of rotatable bonds is 44. The van der Waals surface area contributed by atoms with Crippen LogP contribution < -0.4 is 0 Å². The summed E-state index contributed by atoms with van der Waals surface area (Å²) in [6.45, 7) is 6.30. The van der Waals surface area contributed by atoms with Crippen LogP contribution in [0.15, 0.2) is 134 Å². The third-order valence-electron chi connectivity index (χ3n) is 10.3. The Hall–Kier alpha value is -4.45. The largest absolute Gasteiger partial charge is 0.462 e. The Morgan fingerprint density at radius 3 is 1.18 bits per heavy atom. The maximum Gasteiger partial charge on any atom is 0.306 e. The van der Waals surface area contributed by atoms with E-state index in [2.05, 4.69) is 118 Å². The first-order chi connectivity index (χ1) is 32.0. The normalized spacial score (nSPS) is 13.2. The fraction of sp³-hybridized carbons (Fsp3) is 0.576. The number of hydrogen-bond donors (Lipinski definition) is 0. The van der Waals surface area contributed by atoms with E-state index in [1.165, 1.54) is 38.5 Å². The molecule has 0 radical (unpaired) electrons. The van der Waals surface area contributed by atoms with Gasteiger partial charge < -0.3 is 14.2 Å². The standard InChI is InChI=1S/C59H92O6/c1-4-7-10-13-16-19-22-24-26-28-30-32-34-37-40-43-46-49-52-58(61)64-55-56(54-63-57(60)51-48-45-42-39-36-21-18-15-12-9-6-3)65-59(62)53-50-47-44-41-38-35-33-31-29-27-25-23-20-17-14-11-8-5-2/h9-10,12-13,16,18-19,21-33,39,42,56H,4-8,11,14-15,17,20,34-38,40-41,43-55H2,1-3H3/b12-9-,13-10-,19-16-,21-18-,24-22-,25-23-,28-26-,29-27-,32-30-,33-31-,42-39-. The SMILES string of the molecule is CC/C=C\C/C=C\C/C=C\CCCC(=O)OCC(COC(=O)CCCCCCC\C=C/C=C\C=C/C=C\C=C/CCC)OC(=O)CCCCCCC\C=C/C=C\C=C/CCCCCCC. The van der Waals surface area contributed by atoms with Crippen molar-refractivity contribution in [1.82, 2.24) is 0 Å². The van der Waals surface area contributed by atoms with E-state index < -0.39 is 6.10 Å². The van der Waals surface area contributed by atoms with Gasteiger partial charge in [-0.2, -0.15) is 0 Å². The minimum absolute atomic E-state index is 0.121. The summed E-state index contributed by atoms with van der Waals surface area (Å²) >= 11 is 0. The highest BCUT2D eigenvalue weighted by Crippen LogP contribution is 2.12. The van der Waals surface area contributed by atoms with Gasteiger partial charge in [-0.25, -0.2) is 0 Å². The Bertz CT molecular complexity index is 1450. The number of unbranched alkanes of at least 4 members (excludes halogenated alkanes) is 17. The molecule has 0 aromatic rings. The number of ether oxygens (including phenoxy) is 3. The van der Waals surface area contributed by atoms with Crippen molar-refractivity contribution in [1.29, 1.82) is 0 Å². The summed E-state index contributed by atoms with van der Waals surface area (Å²) < 4.78 is 16.7. The van der Waals surface area contributed by atoms with Crippen molar-refractivity contribution < 1.29 is 28.6 Å². The molecule has 0 N–H and O–H groups in total. The predicted octanol–water partition coefficient (Wildman–Crippen LogP) is 17.1. The van der Waals surface area contributed by atoms with Gasteiger partial charge in [-0.1, -0.05) is 225 Å². The molecule has 0 aliphatic carbocycles. The number of carbonyl (C=O) groups is 3. The monoisotopic (exact) mass is 897 g/mol. The summed E-state index contributed by atoms with van der Waals surface area (Å²) in [5, 5.41) is 0. The summed E-state index contributed by atoms with van der Waals surface area (Å²) in [5.41, 5.74) is 0. The molecule has 0 heterocycles. The minimum Gasteiger partial charge on any atom is -0.462 e. The van der Waals surface area contributed by atoms with Gasteiger partial charge in [0, 0.05) is 19.3 Å². The van der Waals surface area contributed by atoms with Crippen molar-refractivity contribution in [3.8, 4) is 0 Å². The molecule has 0 spiro atoms. The molecule has 0 bridgehead atoms. The molecule has 364 valence electrons. The molecule has 6 heteroatoms. The fourth-order valence-electron chi connectivity index (χ4n) is 6.44. The molecule has 0 rings (SSSR count). The summed E-state index contributed by atoms with van der Waals surface area (Å²) in [7, 11) is 0. The lowest BCUT2D eigenvalue weighted by Gasteiger charge is -2.18. The fourth-order valence-corrected chi connectivity index (χ4v) is 6.44. The quantitative estimate of drug-likeness (QED) is 0.0199. The van der Waals surface area contributed by atoms with E-state index in [1.807, 2.05) is 36.5 Å². The first-order valence-electron chi connectivity index (χ1n) is 25.8. The van der Waals surface area contributed by atoms with Gasteiger partial charge in [0.2, 0.25) is 0 Å². The van der Waals surface area contributed by atoms with Gasteiger partial charge in [0.1, 0.15) is 13.2 Å². The molecule has 0 aromatic heterocycles. The topological polar surface area (TPSA) is 78.9 Å². The molecule has 6 nitrogen and oxygen atoms in total. The first-order valence-corrected chi connectivity index (χ1v) is 25.8. The molecule has 0 aliphatic heterocycles. The van der Waals surface area contributed by atoms with Gasteiger partial charge in [-0.15, -0.1) is 0 Å².